The Morgan fingerprint density at radius 1 is 1.44 bits per heavy atom. The minimum absolute atomic E-state index is 0.120. The van der Waals surface area contributed by atoms with Crippen molar-refractivity contribution in [2.75, 3.05) is 26.7 Å². The van der Waals surface area contributed by atoms with E-state index in [4.69, 9.17) is 4.74 Å². The van der Waals surface area contributed by atoms with Gasteiger partial charge in [-0.2, -0.15) is 0 Å². The number of hydrogen-bond acceptors (Lipinski definition) is 5. The molecule has 1 atom stereocenters. The van der Waals surface area contributed by atoms with Gasteiger partial charge < -0.3 is 9.29 Å². The molecular weight excluding hydrogens is 234 g/mol. The first-order chi connectivity index (χ1) is 7.07. The molecule has 0 rings (SSSR count). The van der Waals surface area contributed by atoms with E-state index in [1.807, 2.05) is 6.92 Å². The van der Waals surface area contributed by atoms with E-state index in [0.29, 0.717) is 6.42 Å². The van der Waals surface area contributed by atoms with E-state index in [9.17, 15) is 17.8 Å². The van der Waals surface area contributed by atoms with Gasteiger partial charge in [0.25, 0.3) is 0 Å². The zero-order valence-corrected chi connectivity index (χ0v) is 10.9. The molecule has 0 aliphatic rings. The molecule has 0 aliphatic carbocycles. The van der Waals surface area contributed by atoms with Gasteiger partial charge in [0.1, 0.15) is 10.1 Å². The van der Waals surface area contributed by atoms with Crippen LogP contribution < -0.4 is 0 Å². The van der Waals surface area contributed by atoms with Crippen molar-refractivity contribution in [1.29, 1.82) is 0 Å². The van der Waals surface area contributed by atoms with Gasteiger partial charge in [-0.05, 0) is 6.42 Å². The number of nitrogens with zero attached hydrogens (tertiary/aromatic N) is 1. The van der Waals surface area contributed by atoms with Gasteiger partial charge in [-0.3, -0.25) is 9.28 Å². The molecule has 96 valence electrons. The highest BCUT2D eigenvalue weighted by Gasteiger charge is 2.22. The van der Waals surface area contributed by atoms with E-state index in [0.717, 1.165) is 0 Å². The van der Waals surface area contributed by atoms with E-state index in [2.05, 4.69) is 0 Å². The molecule has 0 N–H and O–H groups in total. The summed E-state index contributed by atoms with van der Waals surface area (Å²) in [5.41, 5.74) is 0. The maximum atomic E-state index is 11.3. The molecule has 16 heavy (non-hydrogen) atoms. The van der Waals surface area contributed by atoms with E-state index < -0.39 is 16.0 Å². The van der Waals surface area contributed by atoms with Crippen molar-refractivity contribution < 1.29 is 27.0 Å². The lowest BCUT2D eigenvalue weighted by atomic mass is 10.1. The number of quaternary nitrogens is 1. The quantitative estimate of drug-likeness (QED) is 0.290. The third-order valence-electron chi connectivity index (χ3n) is 2.08. The standard InChI is InChI=1S/C9H19NO5S/c1-5-8(2)9(11)15-6-10(3,4)7-16(12,13)14/h8H,5-7H2,1-4H3. The van der Waals surface area contributed by atoms with E-state index in [1.54, 1.807) is 6.92 Å². The van der Waals surface area contributed by atoms with Crippen LogP contribution in [0.4, 0.5) is 0 Å². The summed E-state index contributed by atoms with van der Waals surface area (Å²) in [6.07, 6.45) is 0.659. The van der Waals surface area contributed by atoms with E-state index in [-0.39, 0.29) is 23.1 Å². The molecule has 0 saturated heterocycles. The van der Waals surface area contributed by atoms with Crippen LogP contribution in [0, 0.1) is 5.92 Å². The highest BCUT2D eigenvalue weighted by atomic mass is 32.2. The van der Waals surface area contributed by atoms with Gasteiger partial charge >= 0.3 is 5.97 Å². The number of rotatable bonds is 6. The second-order valence-corrected chi connectivity index (χ2v) is 5.90. The molecule has 0 spiro atoms. The molecule has 0 aromatic rings. The first-order valence-corrected chi connectivity index (χ1v) is 6.57. The van der Waals surface area contributed by atoms with Gasteiger partial charge in [-0.1, -0.05) is 13.8 Å². The summed E-state index contributed by atoms with van der Waals surface area (Å²) in [6, 6.07) is 0. The summed E-state index contributed by atoms with van der Waals surface area (Å²) < 4.78 is 36.5. The molecule has 0 bridgehead atoms. The molecular formula is C9H19NO5S. The lowest BCUT2D eigenvalue weighted by Crippen LogP contribution is -2.46. The minimum Gasteiger partial charge on any atom is -0.744 e. The van der Waals surface area contributed by atoms with Crippen LogP contribution in [0.3, 0.4) is 0 Å². The van der Waals surface area contributed by atoms with Crippen LogP contribution in [-0.2, 0) is 19.6 Å². The van der Waals surface area contributed by atoms with Gasteiger partial charge in [0, 0.05) is 0 Å². The minimum atomic E-state index is -4.32. The Bertz CT molecular complexity index is 336. The van der Waals surface area contributed by atoms with Crippen molar-refractivity contribution in [3.8, 4) is 0 Å². The monoisotopic (exact) mass is 253 g/mol. The predicted octanol–water partition coefficient (Wildman–Crippen LogP) is 0.112. The normalized spacial score (nSPS) is 14.6. The average molecular weight is 253 g/mol. The maximum Gasteiger partial charge on any atom is 0.312 e. The smallest absolute Gasteiger partial charge is 0.312 e. The zero-order chi connectivity index (χ0) is 13.0. The Morgan fingerprint density at radius 3 is 2.31 bits per heavy atom. The molecule has 0 radical (unpaired) electrons. The second-order valence-electron chi connectivity index (χ2n) is 4.52. The Labute approximate surface area is 96.5 Å². The summed E-state index contributed by atoms with van der Waals surface area (Å²) in [4.78, 5) is 11.3. The molecule has 0 aromatic heterocycles. The third-order valence-corrected chi connectivity index (χ3v) is 3.09. The van der Waals surface area contributed by atoms with Crippen LogP contribution in [0.2, 0.25) is 0 Å². The zero-order valence-electron chi connectivity index (χ0n) is 10.1. The molecule has 0 aromatic carbocycles. The lowest BCUT2D eigenvalue weighted by molar-refractivity contribution is -0.896. The van der Waals surface area contributed by atoms with Crippen LogP contribution in [0.1, 0.15) is 20.3 Å². The lowest BCUT2D eigenvalue weighted by Gasteiger charge is -2.29. The predicted molar refractivity (Wildman–Crippen MR) is 57.1 cm³/mol. The van der Waals surface area contributed by atoms with Crippen LogP contribution >= 0.6 is 0 Å². The fraction of sp³-hybridized carbons (Fsp3) is 0.889. The SMILES string of the molecule is CCC(C)C(=O)OC[N+](C)(C)CS(=O)(=O)[O-]. The number of carbonyl (C=O) groups excluding carboxylic acids is 1. The van der Waals surface area contributed by atoms with Crippen molar-refractivity contribution in [3.63, 3.8) is 0 Å². The molecule has 7 heteroatoms. The molecule has 0 saturated carbocycles. The molecule has 0 amide bonds. The second kappa shape index (κ2) is 5.60. The topological polar surface area (TPSA) is 83.5 Å². The van der Waals surface area contributed by atoms with Crippen LogP contribution in [0.15, 0.2) is 0 Å². The van der Waals surface area contributed by atoms with Crippen molar-refractivity contribution in [2.24, 2.45) is 5.92 Å². The van der Waals surface area contributed by atoms with Gasteiger partial charge in [-0.15, -0.1) is 0 Å². The summed E-state index contributed by atoms with van der Waals surface area (Å²) in [5, 5.41) is 0. The van der Waals surface area contributed by atoms with Crippen LogP contribution in [0.25, 0.3) is 0 Å². The summed E-state index contributed by atoms with van der Waals surface area (Å²) in [7, 11) is -1.30. The largest absolute Gasteiger partial charge is 0.744 e. The Morgan fingerprint density at radius 2 is 1.94 bits per heavy atom. The van der Waals surface area contributed by atoms with Gasteiger partial charge in [-0.25, -0.2) is 8.42 Å². The average Bonchev–Trinajstić information content (AvgIpc) is 2.09. The fourth-order valence-corrected chi connectivity index (χ4v) is 1.94. The maximum absolute atomic E-state index is 11.3. The van der Waals surface area contributed by atoms with Crippen LogP contribution in [-0.4, -0.2) is 50.1 Å². The summed E-state index contributed by atoms with van der Waals surface area (Å²) in [5.74, 6) is -1.19. The van der Waals surface area contributed by atoms with Crippen LogP contribution in [0.5, 0.6) is 0 Å². The Kier molecular flexibility index (Phi) is 5.37. The Balaban J connectivity index is 4.24. The first-order valence-electron chi connectivity index (χ1n) is 4.99. The molecule has 0 fully saturated rings. The van der Waals surface area contributed by atoms with Crippen molar-refractivity contribution in [1.82, 2.24) is 0 Å². The van der Waals surface area contributed by atoms with Gasteiger partial charge in [0.2, 0.25) is 6.73 Å². The molecule has 0 aliphatic heterocycles. The number of hydrogen-bond donors (Lipinski definition) is 0. The van der Waals surface area contributed by atoms with Gasteiger partial charge in [0.05, 0.1) is 20.0 Å². The molecule has 0 heterocycles. The van der Waals surface area contributed by atoms with Gasteiger partial charge in [0.15, 0.2) is 5.88 Å². The molecule has 6 nitrogen and oxygen atoms in total. The first kappa shape index (κ1) is 15.3. The Hall–Kier alpha value is -0.660. The summed E-state index contributed by atoms with van der Waals surface area (Å²) in [6.45, 7) is 3.46. The van der Waals surface area contributed by atoms with Crippen molar-refractivity contribution in [2.45, 2.75) is 20.3 Å². The van der Waals surface area contributed by atoms with Crippen molar-refractivity contribution >= 4 is 16.1 Å². The molecule has 1 unspecified atom stereocenters. The number of ether oxygens (including phenoxy) is 1. The summed E-state index contributed by atoms with van der Waals surface area (Å²) >= 11 is 0. The number of carbonyl (C=O) groups is 1. The highest BCUT2D eigenvalue weighted by molar-refractivity contribution is 7.85. The number of esters is 1. The highest BCUT2D eigenvalue weighted by Crippen LogP contribution is 2.06. The third kappa shape index (κ3) is 6.76. The van der Waals surface area contributed by atoms with Crippen molar-refractivity contribution in [3.05, 3.63) is 0 Å². The van der Waals surface area contributed by atoms with E-state index in [1.165, 1.54) is 14.1 Å². The van der Waals surface area contributed by atoms with E-state index >= 15 is 0 Å². The fourth-order valence-electron chi connectivity index (χ4n) is 1.01.